The molecule has 1 heterocycles. The largest absolute Gasteiger partial charge is 0.323 e. The number of carbonyl (C=O) groups is 1. The molecule has 1 amide bonds. The quantitative estimate of drug-likeness (QED) is 0.778. The Hall–Kier alpha value is -2.46. The first-order valence-electron chi connectivity index (χ1n) is 8.39. The van der Waals surface area contributed by atoms with Crippen molar-refractivity contribution in [3.63, 3.8) is 0 Å². The van der Waals surface area contributed by atoms with Crippen molar-refractivity contribution in [2.75, 3.05) is 18.4 Å². The fourth-order valence-corrected chi connectivity index (χ4v) is 4.45. The second-order valence-electron chi connectivity index (χ2n) is 6.37. The number of anilines is 1. The van der Waals surface area contributed by atoms with Gasteiger partial charge in [-0.25, -0.2) is 26.0 Å². The van der Waals surface area contributed by atoms with E-state index in [0.29, 0.717) is 12.1 Å². The van der Waals surface area contributed by atoms with Crippen LogP contribution in [0.5, 0.6) is 0 Å². The van der Waals surface area contributed by atoms with Crippen molar-refractivity contribution in [2.24, 2.45) is 5.92 Å². The van der Waals surface area contributed by atoms with Crippen LogP contribution in [0, 0.1) is 29.2 Å². The summed E-state index contributed by atoms with van der Waals surface area (Å²) in [4.78, 5) is 11.9. The van der Waals surface area contributed by atoms with Crippen LogP contribution in [-0.2, 0) is 14.8 Å². The topological polar surface area (TPSA) is 66.5 Å². The molecule has 28 heavy (non-hydrogen) atoms. The first-order valence-corrected chi connectivity index (χ1v) is 9.83. The molecule has 1 aliphatic rings. The Balaban J connectivity index is 1.64. The Morgan fingerprint density at radius 1 is 0.929 bits per heavy atom. The highest BCUT2D eigenvalue weighted by atomic mass is 32.2. The second-order valence-corrected chi connectivity index (χ2v) is 8.31. The number of halogens is 4. The Labute approximate surface area is 159 Å². The number of hydrogen-bond acceptors (Lipinski definition) is 3. The summed E-state index contributed by atoms with van der Waals surface area (Å²) < 4.78 is 79.1. The van der Waals surface area contributed by atoms with E-state index in [9.17, 15) is 30.8 Å². The third kappa shape index (κ3) is 4.17. The molecule has 0 bridgehead atoms. The number of rotatable bonds is 4. The van der Waals surface area contributed by atoms with Crippen molar-refractivity contribution in [3.8, 4) is 0 Å². The molecule has 0 aromatic heterocycles. The summed E-state index contributed by atoms with van der Waals surface area (Å²) in [6, 6.07) is 5.08. The summed E-state index contributed by atoms with van der Waals surface area (Å²) in [6.07, 6.45) is 0.328. The fraction of sp³-hybridized carbons (Fsp3) is 0.278. The average Bonchev–Trinajstić information content (AvgIpc) is 2.66. The number of sulfonamides is 1. The van der Waals surface area contributed by atoms with E-state index in [1.54, 1.807) is 0 Å². The first-order chi connectivity index (χ1) is 13.2. The molecule has 0 saturated carbocycles. The van der Waals surface area contributed by atoms with Crippen LogP contribution in [-0.4, -0.2) is 31.7 Å². The molecule has 0 spiro atoms. The smallest absolute Gasteiger partial charge is 0.243 e. The molecule has 5 nitrogen and oxygen atoms in total. The van der Waals surface area contributed by atoms with Crippen molar-refractivity contribution in [3.05, 3.63) is 59.7 Å². The maximum Gasteiger partial charge on any atom is 0.243 e. The van der Waals surface area contributed by atoms with Crippen LogP contribution in [0.3, 0.4) is 0 Å². The van der Waals surface area contributed by atoms with Crippen LogP contribution < -0.4 is 5.32 Å². The molecule has 0 aliphatic carbocycles. The molecule has 10 heteroatoms. The summed E-state index contributed by atoms with van der Waals surface area (Å²) in [5.74, 6) is -5.17. The lowest BCUT2D eigenvalue weighted by atomic mass is 9.97. The van der Waals surface area contributed by atoms with Gasteiger partial charge in [0.2, 0.25) is 15.9 Å². The van der Waals surface area contributed by atoms with Crippen molar-refractivity contribution in [1.82, 2.24) is 4.31 Å². The van der Waals surface area contributed by atoms with E-state index in [4.69, 9.17) is 0 Å². The van der Waals surface area contributed by atoms with Crippen LogP contribution in [0.25, 0.3) is 0 Å². The highest BCUT2D eigenvalue weighted by Crippen LogP contribution is 2.26. The number of piperidine rings is 1. The van der Waals surface area contributed by atoms with Gasteiger partial charge in [0.25, 0.3) is 0 Å². The van der Waals surface area contributed by atoms with Gasteiger partial charge in [-0.2, -0.15) is 4.31 Å². The summed E-state index contributed by atoms with van der Waals surface area (Å²) in [5, 5.41) is 2.37. The number of benzene rings is 2. The Morgan fingerprint density at radius 3 is 2.21 bits per heavy atom. The molecule has 1 fully saturated rings. The highest BCUT2D eigenvalue weighted by Gasteiger charge is 2.32. The third-order valence-electron chi connectivity index (χ3n) is 4.54. The molecule has 1 N–H and O–H groups in total. The molecule has 2 aromatic carbocycles. The molecule has 1 aliphatic heterocycles. The Bertz CT molecular complexity index is 1010. The zero-order chi connectivity index (χ0) is 20.5. The predicted octanol–water partition coefficient (Wildman–Crippen LogP) is 3.28. The van der Waals surface area contributed by atoms with Crippen molar-refractivity contribution in [2.45, 2.75) is 17.7 Å². The van der Waals surface area contributed by atoms with Crippen molar-refractivity contribution >= 4 is 21.6 Å². The van der Waals surface area contributed by atoms with Gasteiger partial charge in [-0.15, -0.1) is 0 Å². The van der Waals surface area contributed by atoms with E-state index in [1.165, 1.54) is 0 Å². The van der Waals surface area contributed by atoms with E-state index >= 15 is 0 Å². The van der Waals surface area contributed by atoms with Gasteiger partial charge in [0.1, 0.15) is 11.6 Å². The summed E-state index contributed by atoms with van der Waals surface area (Å²) >= 11 is 0. The van der Waals surface area contributed by atoms with E-state index in [0.717, 1.165) is 28.6 Å². The van der Waals surface area contributed by atoms with Gasteiger partial charge in [0, 0.05) is 25.1 Å². The van der Waals surface area contributed by atoms with Gasteiger partial charge < -0.3 is 5.32 Å². The van der Waals surface area contributed by atoms with Gasteiger partial charge in [-0.3, -0.25) is 4.79 Å². The Kier molecular flexibility index (Phi) is 5.71. The number of nitrogens with zero attached hydrogens (tertiary/aromatic N) is 1. The number of amides is 1. The molecule has 3 rings (SSSR count). The third-order valence-corrected chi connectivity index (χ3v) is 6.44. The standard InChI is InChI=1S/C18H16F4N2O3S/c19-12-1-4-17(16(22)9-12)23-18(25)11-5-7-24(8-6-11)28(26,27)13-2-3-14(20)15(21)10-13/h1-4,9-11H,5-8H2,(H,23,25). The van der Waals surface area contributed by atoms with E-state index < -0.39 is 45.1 Å². The maximum atomic E-state index is 13.6. The number of hydrogen-bond donors (Lipinski definition) is 1. The molecule has 1 saturated heterocycles. The van der Waals surface area contributed by atoms with E-state index in [1.807, 2.05) is 0 Å². The minimum Gasteiger partial charge on any atom is -0.323 e. The molecule has 0 radical (unpaired) electrons. The van der Waals surface area contributed by atoms with Crippen LogP contribution in [0.1, 0.15) is 12.8 Å². The van der Waals surface area contributed by atoms with Gasteiger partial charge in [0.15, 0.2) is 11.6 Å². The monoisotopic (exact) mass is 416 g/mol. The normalized spacial score (nSPS) is 16.1. The van der Waals surface area contributed by atoms with Gasteiger partial charge in [-0.05, 0) is 43.2 Å². The highest BCUT2D eigenvalue weighted by molar-refractivity contribution is 7.89. The molecule has 150 valence electrons. The summed E-state index contributed by atoms with van der Waals surface area (Å²) in [5.41, 5.74) is -0.164. The van der Waals surface area contributed by atoms with Crippen LogP contribution in [0.4, 0.5) is 23.2 Å². The van der Waals surface area contributed by atoms with E-state index in [2.05, 4.69) is 5.32 Å². The fourth-order valence-electron chi connectivity index (χ4n) is 2.97. The lowest BCUT2D eigenvalue weighted by Crippen LogP contribution is -2.41. The average molecular weight is 416 g/mol. The van der Waals surface area contributed by atoms with Crippen molar-refractivity contribution < 1.29 is 30.8 Å². The minimum atomic E-state index is -4.03. The summed E-state index contributed by atoms with van der Waals surface area (Å²) in [7, 11) is -4.03. The van der Waals surface area contributed by atoms with Crippen LogP contribution in [0.15, 0.2) is 41.3 Å². The second kappa shape index (κ2) is 7.88. The molecule has 2 aromatic rings. The predicted molar refractivity (Wildman–Crippen MR) is 92.8 cm³/mol. The zero-order valence-corrected chi connectivity index (χ0v) is 15.3. The zero-order valence-electron chi connectivity index (χ0n) is 14.5. The van der Waals surface area contributed by atoms with Crippen molar-refractivity contribution in [1.29, 1.82) is 0 Å². The number of carbonyl (C=O) groups excluding carboxylic acids is 1. The lowest BCUT2D eigenvalue weighted by Gasteiger charge is -2.30. The Morgan fingerprint density at radius 2 is 1.61 bits per heavy atom. The maximum absolute atomic E-state index is 13.6. The summed E-state index contributed by atoms with van der Waals surface area (Å²) in [6.45, 7) is -0.0172. The van der Waals surface area contributed by atoms with E-state index in [-0.39, 0.29) is 36.5 Å². The van der Waals surface area contributed by atoms with Crippen LogP contribution >= 0.6 is 0 Å². The molecule has 0 unspecified atom stereocenters. The molecule has 0 atom stereocenters. The molecular weight excluding hydrogens is 400 g/mol. The molecular formula is C18H16F4N2O3S. The SMILES string of the molecule is O=C(Nc1ccc(F)cc1F)C1CCN(S(=O)(=O)c2ccc(F)c(F)c2)CC1. The lowest BCUT2D eigenvalue weighted by molar-refractivity contribution is -0.120. The number of nitrogens with one attached hydrogen (secondary N) is 1. The van der Waals surface area contributed by atoms with Gasteiger partial charge >= 0.3 is 0 Å². The van der Waals surface area contributed by atoms with Gasteiger partial charge in [0.05, 0.1) is 10.6 Å². The first kappa shape index (κ1) is 20.3. The van der Waals surface area contributed by atoms with Gasteiger partial charge in [-0.1, -0.05) is 0 Å². The minimum absolute atomic E-state index is 0.00862. The van der Waals surface area contributed by atoms with Crippen LogP contribution in [0.2, 0.25) is 0 Å².